The van der Waals surface area contributed by atoms with Gasteiger partial charge >= 0.3 is 0 Å². The Kier molecular flexibility index (Phi) is 3.06. The Morgan fingerprint density at radius 2 is 1.80 bits per heavy atom. The van der Waals surface area contributed by atoms with Crippen LogP contribution in [0.5, 0.6) is 11.5 Å². The number of phenols is 2. The second-order valence-electron chi connectivity index (χ2n) is 5.01. The summed E-state index contributed by atoms with van der Waals surface area (Å²) in [4.78, 5) is 12.1. The SMILES string of the molecule is O=C(NC1CC1c1ccccc1)c1cccc(O)c1O. The summed E-state index contributed by atoms with van der Waals surface area (Å²) in [7, 11) is 0. The number of amides is 1. The lowest BCUT2D eigenvalue weighted by molar-refractivity contribution is 0.0947. The van der Waals surface area contributed by atoms with Gasteiger partial charge < -0.3 is 15.5 Å². The van der Waals surface area contributed by atoms with Crippen LogP contribution in [0.2, 0.25) is 0 Å². The highest BCUT2D eigenvalue weighted by molar-refractivity contribution is 5.98. The molecule has 0 radical (unpaired) electrons. The fourth-order valence-electron chi connectivity index (χ4n) is 2.38. The third-order valence-electron chi connectivity index (χ3n) is 3.59. The van der Waals surface area contributed by atoms with Gasteiger partial charge in [0.15, 0.2) is 11.5 Å². The molecule has 1 saturated carbocycles. The number of benzene rings is 2. The molecule has 3 rings (SSSR count). The molecule has 0 heterocycles. The average molecular weight is 269 g/mol. The van der Waals surface area contributed by atoms with Crippen molar-refractivity contribution in [3.05, 3.63) is 59.7 Å². The topological polar surface area (TPSA) is 69.6 Å². The van der Waals surface area contributed by atoms with E-state index in [-0.39, 0.29) is 29.0 Å². The highest BCUT2D eigenvalue weighted by atomic mass is 16.3. The third-order valence-corrected chi connectivity index (χ3v) is 3.59. The van der Waals surface area contributed by atoms with Crippen LogP contribution in [-0.2, 0) is 0 Å². The number of aromatic hydroxyl groups is 2. The van der Waals surface area contributed by atoms with Crippen LogP contribution in [-0.4, -0.2) is 22.2 Å². The van der Waals surface area contributed by atoms with E-state index < -0.39 is 0 Å². The lowest BCUT2D eigenvalue weighted by Gasteiger charge is -2.07. The smallest absolute Gasteiger partial charge is 0.255 e. The molecule has 2 aromatic carbocycles. The molecule has 102 valence electrons. The van der Waals surface area contributed by atoms with E-state index in [4.69, 9.17) is 0 Å². The van der Waals surface area contributed by atoms with Crippen LogP contribution in [0.1, 0.15) is 28.3 Å². The van der Waals surface area contributed by atoms with Gasteiger partial charge in [-0.15, -0.1) is 0 Å². The molecule has 4 nitrogen and oxygen atoms in total. The molecule has 0 bridgehead atoms. The van der Waals surface area contributed by atoms with E-state index in [9.17, 15) is 15.0 Å². The molecule has 2 unspecified atom stereocenters. The Balaban J connectivity index is 1.68. The monoisotopic (exact) mass is 269 g/mol. The molecule has 1 fully saturated rings. The Labute approximate surface area is 116 Å². The quantitative estimate of drug-likeness (QED) is 0.749. The fourth-order valence-corrected chi connectivity index (χ4v) is 2.38. The first-order valence-corrected chi connectivity index (χ1v) is 6.53. The van der Waals surface area contributed by atoms with Gasteiger partial charge in [-0.3, -0.25) is 4.79 Å². The molecule has 4 heteroatoms. The zero-order valence-corrected chi connectivity index (χ0v) is 10.8. The predicted molar refractivity (Wildman–Crippen MR) is 74.8 cm³/mol. The summed E-state index contributed by atoms with van der Waals surface area (Å²) >= 11 is 0. The Hall–Kier alpha value is -2.49. The minimum absolute atomic E-state index is 0.0895. The highest BCUT2D eigenvalue weighted by Crippen LogP contribution is 2.41. The van der Waals surface area contributed by atoms with Crippen LogP contribution in [0.15, 0.2) is 48.5 Å². The summed E-state index contributed by atoms with van der Waals surface area (Å²) in [6.07, 6.45) is 0.898. The molecule has 1 aliphatic rings. The maximum Gasteiger partial charge on any atom is 0.255 e. The lowest BCUT2D eigenvalue weighted by Crippen LogP contribution is -2.26. The molecule has 0 aromatic heterocycles. The number of nitrogens with one attached hydrogen (secondary N) is 1. The molecule has 20 heavy (non-hydrogen) atoms. The van der Waals surface area contributed by atoms with Gasteiger partial charge in [0.1, 0.15) is 0 Å². The summed E-state index contributed by atoms with van der Waals surface area (Å²) in [6.45, 7) is 0. The highest BCUT2D eigenvalue weighted by Gasteiger charge is 2.39. The maximum absolute atomic E-state index is 12.1. The van der Waals surface area contributed by atoms with Gasteiger partial charge in [-0.05, 0) is 24.1 Å². The minimum Gasteiger partial charge on any atom is -0.504 e. The van der Waals surface area contributed by atoms with Crippen LogP contribution < -0.4 is 5.32 Å². The van der Waals surface area contributed by atoms with E-state index in [0.29, 0.717) is 5.92 Å². The Morgan fingerprint density at radius 1 is 1.05 bits per heavy atom. The molecular weight excluding hydrogens is 254 g/mol. The standard InChI is InChI=1S/C16H15NO3/c18-14-8-4-7-11(15(14)19)16(20)17-13-9-12(13)10-5-2-1-3-6-10/h1-8,12-13,18-19H,9H2,(H,17,20). The third kappa shape index (κ3) is 2.32. The lowest BCUT2D eigenvalue weighted by atomic mass is 10.1. The minimum atomic E-state index is -0.373. The van der Waals surface area contributed by atoms with Crippen molar-refractivity contribution in [1.29, 1.82) is 0 Å². The molecule has 2 atom stereocenters. The van der Waals surface area contributed by atoms with Crippen LogP contribution in [0, 0.1) is 0 Å². The molecule has 1 amide bonds. The average Bonchev–Trinajstić information content (AvgIpc) is 3.22. The second-order valence-corrected chi connectivity index (χ2v) is 5.01. The molecule has 2 aromatic rings. The van der Waals surface area contributed by atoms with E-state index >= 15 is 0 Å². The van der Waals surface area contributed by atoms with Crippen LogP contribution in [0.25, 0.3) is 0 Å². The van der Waals surface area contributed by atoms with Crippen molar-refractivity contribution in [3.63, 3.8) is 0 Å². The normalized spacial score (nSPS) is 20.4. The van der Waals surface area contributed by atoms with Gasteiger partial charge in [-0.1, -0.05) is 36.4 Å². The zero-order chi connectivity index (χ0) is 14.1. The first-order valence-electron chi connectivity index (χ1n) is 6.53. The van der Waals surface area contributed by atoms with Gasteiger partial charge in [0.25, 0.3) is 5.91 Å². The molecule has 0 saturated heterocycles. The number of rotatable bonds is 3. The number of hydrogen-bond donors (Lipinski definition) is 3. The molecule has 0 aliphatic heterocycles. The van der Waals surface area contributed by atoms with E-state index in [1.165, 1.54) is 23.8 Å². The van der Waals surface area contributed by atoms with Crippen molar-refractivity contribution in [2.24, 2.45) is 0 Å². The van der Waals surface area contributed by atoms with Crippen molar-refractivity contribution in [2.75, 3.05) is 0 Å². The van der Waals surface area contributed by atoms with Gasteiger partial charge in [0.2, 0.25) is 0 Å². The number of carbonyl (C=O) groups is 1. The number of carbonyl (C=O) groups excluding carboxylic acids is 1. The van der Waals surface area contributed by atoms with Gasteiger partial charge in [0.05, 0.1) is 5.56 Å². The van der Waals surface area contributed by atoms with Crippen molar-refractivity contribution in [3.8, 4) is 11.5 Å². The molecule has 0 spiro atoms. The van der Waals surface area contributed by atoms with Crippen molar-refractivity contribution >= 4 is 5.91 Å². The zero-order valence-electron chi connectivity index (χ0n) is 10.8. The van der Waals surface area contributed by atoms with E-state index in [1.54, 1.807) is 0 Å². The van der Waals surface area contributed by atoms with E-state index in [0.717, 1.165) is 6.42 Å². The van der Waals surface area contributed by atoms with Crippen molar-refractivity contribution in [1.82, 2.24) is 5.32 Å². The van der Waals surface area contributed by atoms with Crippen molar-refractivity contribution in [2.45, 2.75) is 18.4 Å². The molecule has 3 N–H and O–H groups in total. The maximum atomic E-state index is 12.1. The second kappa shape index (κ2) is 4.89. The summed E-state index contributed by atoms with van der Waals surface area (Å²) in [5.41, 5.74) is 1.31. The van der Waals surface area contributed by atoms with E-state index in [1.807, 2.05) is 30.3 Å². The fraction of sp³-hybridized carbons (Fsp3) is 0.188. The van der Waals surface area contributed by atoms with Crippen molar-refractivity contribution < 1.29 is 15.0 Å². The van der Waals surface area contributed by atoms with Crippen LogP contribution in [0.4, 0.5) is 0 Å². The Bertz CT molecular complexity index is 639. The van der Waals surface area contributed by atoms with E-state index in [2.05, 4.69) is 5.32 Å². The number of phenolic OH excluding ortho intramolecular Hbond substituents is 2. The summed E-state index contributed by atoms with van der Waals surface area (Å²) < 4.78 is 0. The van der Waals surface area contributed by atoms with Crippen LogP contribution in [0.3, 0.4) is 0 Å². The van der Waals surface area contributed by atoms with Gasteiger partial charge in [-0.25, -0.2) is 0 Å². The summed E-state index contributed by atoms with van der Waals surface area (Å²) in [5.74, 6) is -0.684. The first kappa shape index (κ1) is 12.5. The first-order chi connectivity index (χ1) is 9.66. The number of para-hydroxylation sites is 1. The van der Waals surface area contributed by atoms with Gasteiger partial charge in [-0.2, -0.15) is 0 Å². The largest absolute Gasteiger partial charge is 0.504 e. The summed E-state index contributed by atoms with van der Waals surface area (Å²) in [5, 5.41) is 21.9. The molecular formula is C16H15NO3. The Morgan fingerprint density at radius 3 is 2.55 bits per heavy atom. The van der Waals surface area contributed by atoms with Crippen LogP contribution >= 0.6 is 0 Å². The predicted octanol–water partition coefficient (Wildman–Crippen LogP) is 2.38. The van der Waals surface area contributed by atoms with Gasteiger partial charge in [0, 0.05) is 12.0 Å². The summed E-state index contributed by atoms with van der Waals surface area (Å²) in [6, 6.07) is 14.5. The molecule has 1 aliphatic carbocycles. The number of hydrogen-bond acceptors (Lipinski definition) is 3.